The van der Waals surface area contributed by atoms with Gasteiger partial charge in [0.1, 0.15) is 5.75 Å². The minimum atomic E-state index is -0.481. The summed E-state index contributed by atoms with van der Waals surface area (Å²) in [6.07, 6.45) is 0.505. The first-order valence-corrected chi connectivity index (χ1v) is 9.47. The second-order valence-electron chi connectivity index (χ2n) is 6.20. The number of hydrogen-bond donors (Lipinski definition) is 1. The zero-order chi connectivity index (χ0) is 21.9. The zero-order valence-corrected chi connectivity index (χ0v) is 17.7. The molecule has 0 radical (unpaired) electrons. The van der Waals surface area contributed by atoms with Gasteiger partial charge in [0.05, 0.1) is 27.9 Å². The first kappa shape index (κ1) is 22.9. The third-order valence-corrected chi connectivity index (χ3v) is 4.16. The SMILES string of the molecule is CCOc1ccc(NC(=O)COC(=O)CCc2cc(OC)c(OC)c(OC)c2)cc1. The van der Waals surface area contributed by atoms with Gasteiger partial charge >= 0.3 is 5.97 Å². The highest BCUT2D eigenvalue weighted by molar-refractivity contribution is 5.92. The quantitative estimate of drug-likeness (QED) is 0.561. The van der Waals surface area contributed by atoms with Gasteiger partial charge < -0.3 is 29.0 Å². The summed E-state index contributed by atoms with van der Waals surface area (Å²) in [7, 11) is 4.58. The molecule has 0 saturated heterocycles. The number of ether oxygens (including phenoxy) is 5. The van der Waals surface area contributed by atoms with Gasteiger partial charge in [0.15, 0.2) is 18.1 Å². The van der Waals surface area contributed by atoms with Gasteiger partial charge in [0.25, 0.3) is 5.91 Å². The van der Waals surface area contributed by atoms with Gasteiger partial charge in [-0.3, -0.25) is 9.59 Å². The molecule has 0 fully saturated rings. The van der Waals surface area contributed by atoms with E-state index >= 15 is 0 Å². The fourth-order valence-corrected chi connectivity index (χ4v) is 2.74. The molecule has 0 spiro atoms. The lowest BCUT2D eigenvalue weighted by atomic mass is 10.1. The molecule has 1 N–H and O–H groups in total. The van der Waals surface area contributed by atoms with E-state index in [0.29, 0.717) is 41.7 Å². The molecule has 8 heteroatoms. The number of benzene rings is 2. The molecule has 162 valence electrons. The molecule has 0 bridgehead atoms. The number of carbonyl (C=O) groups is 2. The van der Waals surface area contributed by atoms with E-state index in [2.05, 4.69) is 5.32 Å². The van der Waals surface area contributed by atoms with E-state index in [0.717, 1.165) is 5.56 Å². The van der Waals surface area contributed by atoms with Gasteiger partial charge in [-0.2, -0.15) is 0 Å². The summed E-state index contributed by atoms with van der Waals surface area (Å²) in [6.45, 7) is 2.10. The van der Waals surface area contributed by atoms with E-state index in [1.54, 1.807) is 36.4 Å². The molecule has 0 saturated carbocycles. The number of amides is 1. The molecule has 0 aliphatic rings. The lowest BCUT2D eigenvalue weighted by Crippen LogP contribution is -2.21. The van der Waals surface area contributed by atoms with Crippen molar-refractivity contribution in [2.75, 3.05) is 39.9 Å². The molecule has 0 aromatic heterocycles. The molecular formula is C22H27NO7. The molecule has 0 atom stereocenters. The number of carbonyl (C=O) groups excluding carboxylic acids is 2. The van der Waals surface area contributed by atoms with Crippen molar-refractivity contribution in [3.63, 3.8) is 0 Å². The van der Waals surface area contributed by atoms with Crippen molar-refractivity contribution < 1.29 is 33.3 Å². The van der Waals surface area contributed by atoms with Crippen molar-refractivity contribution in [2.45, 2.75) is 19.8 Å². The first-order chi connectivity index (χ1) is 14.5. The second-order valence-corrected chi connectivity index (χ2v) is 6.20. The standard InChI is InChI=1S/C22H27NO7/c1-5-29-17-9-7-16(8-10-17)23-20(24)14-30-21(25)11-6-15-12-18(26-2)22(28-4)19(13-15)27-3/h7-10,12-13H,5-6,11,14H2,1-4H3,(H,23,24). The summed E-state index contributed by atoms with van der Waals surface area (Å²) >= 11 is 0. The van der Waals surface area contributed by atoms with Crippen LogP contribution in [0.15, 0.2) is 36.4 Å². The van der Waals surface area contributed by atoms with Crippen LogP contribution in [0.3, 0.4) is 0 Å². The van der Waals surface area contributed by atoms with Crippen LogP contribution in [0.5, 0.6) is 23.0 Å². The number of esters is 1. The molecule has 0 aliphatic carbocycles. The Kier molecular flexibility index (Phi) is 8.80. The van der Waals surface area contributed by atoms with Gasteiger partial charge in [-0.15, -0.1) is 0 Å². The summed E-state index contributed by atoms with van der Waals surface area (Å²) in [5, 5.41) is 2.66. The molecule has 30 heavy (non-hydrogen) atoms. The number of rotatable bonds is 11. The molecule has 8 nitrogen and oxygen atoms in total. The molecule has 2 aromatic carbocycles. The molecular weight excluding hydrogens is 390 g/mol. The van der Waals surface area contributed by atoms with Crippen LogP contribution in [0.1, 0.15) is 18.9 Å². The Balaban J connectivity index is 1.82. The summed E-state index contributed by atoms with van der Waals surface area (Å²) in [5.41, 5.74) is 1.41. The molecule has 2 aromatic rings. The highest BCUT2D eigenvalue weighted by Crippen LogP contribution is 2.38. The topological polar surface area (TPSA) is 92.3 Å². The Morgan fingerprint density at radius 2 is 1.57 bits per heavy atom. The zero-order valence-electron chi connectivity index (χ0n) is 17.7. The second kappa shape index (κ2) is 11.5. The smallest absolute Gasteiger partial charge is 0.306 e. The first-order valence-electron chi connectivity index (χ1n) is 9.47. The van der Waals surface area contributed by atoms with Crippen LogP contribution < -0.4 is 24.3 Å². The summed E-state index contributed by atoms with van der Waals surface area (Å²) in [6, 6.07) is 10.5. The predicted molar refractivity (Wildman–Crippen MR) is 112 cm³/mol. The third kappa shape index (κ3) is 6.58. The van der Waals surface area contributed by atoms with Crippen LogP contribution in [0.4, 0.5) is 5.69 Å². The summed E-state index contributed by atoms with van der Waals surface area (Å²) in [5.74, 6) is 1.32. The maximum Gasteiger partial charge on any atom is 0.306 e. The van der Waals surface area contributed by atoms with E-state index in [1.807, 2.05) is 6.92 Å². The summed E-state index contributed by atoms with van der Waals surface area (Å²) in [4.78, 5) is 24.0. The van der Waals surface area contributed by atoms with Crippen LogP contribution >= 0.6 is 0 Å². The molecule has 0 aliphatic heterocycles. The molecule has 0 heterocycles. The van der Waals surface area contributed by atoms with Crippen LogP contribution in [0, 0.1) is 0 Å². The fourth-order valence-electron chi connectivity index (χ4n) is 2.74. The minimum Gasteiger partial charge on any atom is -0.494 e. The number of anilines is 1. The van der Waals surface area contributed by atoms with Gasteiger partial charge in [-0.25, -0.2) is 0 Å². The number of aryl methyl sites for hydroxylation is 1. The highest BCUT2D eigenvalue weighted by atomic mass is 16.5. The lowest BCUT2D eigenvalue weighted by molar-refractivity contribution is -0.147. The Morgan fingerprint density at radius 3 is 2.10 bits per heavy atom. The van der Waals surface area contributed by atoms with Crippen molar-refractivity contribution in [2.24, 2.45) is 0 Å². The van der Waals surface area contributed by atoms with E-state index in [1.165, 1.54) is 21.3 Å². The molecule has 1 amide bonds. The van der Waals surface area contributed by atoms with E-state index in [4.69, 9.17) is 23.7 Å². The van der Waals surface area contributed by atoms with Gasteiger partial charge in [-0.1, -0.05) is 0 Å². The van der Waals surface area contributed by atoms with Crippen LogP contribution in [0.25, 0.3) is 0 Å². The number of methoxy groups -OCH3 is 3. The van der Waals surface area contributed by atoms with E-state index < -0.39 is 11.9 Å². The van der Waals surface area contributed by atoms with Gasteiger partial charge in [0.2, 0.25) is 5.75 Å². The Hall–Kier alpha value is -3.42. The average molecular weight is 417 g/mol. The third-order valence-electron chi connectivity index (χ3n) is 4.16. The van der Waals surface area contributed by atoms with Crippen LogP contribution in [0.2, 0.25) is 0 Å². The largest absolute Gasteiger partial charge is 0.494 e. The van der Waals surface area contributed by atoms with E-state index in [-0.39, 0.29) is 13.0 Å². The predicted octanol–water partition coefficient (Wildman–Crippen LogP) is 3.23. The monoisotopic (exact) mass is 417 g/mol. The Morgan fingerprint density at radius 1 is 0.933 bits per heavy atom. The van der Waals surface area contributed by atoms with Crippen molar-refractivity contribution >= 4 is 17.6 Å². The Bertz CT molecular complexity index is 824. The van der Waals surface area contributed by atoms with Crippen molar-refractivity contribution in [3.05, 3.63) is 42.0 Å². The molecule has 0 unspecified atom stereocenters. The lowest BCUT2D eigenvalue weighted by Gasteiger charge is -2.14. The van der Waals surface area contributed by atoms with Crippen molar-refractivity contribution in [1.29, 1.82) is 0 Å². The van der Waals surface area contributed by atoms with Crippen molar-refractivity contribution in [3.8, 4) is 23.0 Å². The maximum atomic E-state index is 12.0. The minimum absolute atomic E-state index is 0.106. The number of hydrogen-bond acceptors (Lipinski definition) is 7. The molecule has 2 rings (SSSR count). The number of nitrogens with one attached hydrogen (secondary N) is 1. The van der Waals surface area contributed by atoms with E-state index in [9.17, 15) is 9.59 Å². The van der Waals surface area contributed by atoms with Gasteiger partial charge in [0, 0.05) is 12.1 Å². The highest BCUT2D eigenvalue weighted by Gasteiger charge is 2.14. The normalized spacial score (nSPS) is 10.1. The van der Waals surface area contributed by atoms with Crippen LogP contribution in [-0.2, 0) is 20.7 Å². The van der Waals surface area contributed by atoms with Gasteiger partial charge in [-0.05, 0) is 55.3 Å². The maximum absolute atomic E-state index is 12.0. The van der Waals surface area contributed by atoms with Crippen molar-refractivity contribution in [1.82, 2.24) is 0 Å². The Labute approximate surface area is 176 Å². The fraction of sp³-hybridized carbons (Fsp3) is 0.364. The van der Waals surface area contributed by atoms with Crippen LogP contribution in [-0.4, -0.2) is 46.4 Å². The average Bonchev–Trinajstić information content (AvgIpc) is 2.76. The summed E-state index contributed by atoms with van der Waals surface area (Å²) < 4.78 is 26.3.